The average Bonchev–Trinajstić information content (AvgIpc) is 2.97. The van der Waals surface area contributed by atoms with Crippen LogP contribution in [0, 0.1) is 12.8 Å². The quantitative estimate of drug-likeness (QED) is 0.787. The first-order valence-corrected chi connectivity index (χ1v) is 8.60. The number of thiophene rings is 2. The zero-order chi connectivity index (χ0) is 13.8. The van der Waals surface area contributed by atoms with E-state index in [1.165, 1.54) is 14.6 Å². The molecule has 0 amide bonds. The highest BCUT2D eigenvalue weighted by atomic mass is 32.1. The van der Waals surface area contributed by atoms with E-state index in [9.17, 15) is 0 Å². The van der Waals surface area contributed by atoms with Gasteiger partial charge in [-0.1, -0.05) is 19.9 Å². The van der Waals surface area contributed by atoms with Crippen LogP contribution in [-0.2, 0) is 6.42 Å². The highest BCUT2D eigenvalue weighted by Gasteiger charge is 2.19. The van der Waals surface area contributed by atoms with Gasteiger partial charge in [-0.05, 0) is 49.8 Å². The van der Waals surface area contributed by atoms with Crippen LogP contribution in [-0.4, -0.2) is 6.04 Å². The third-order valence-electron chi connectivity index (χ3n) is 3.28. The molecule has 0 radical (unpaired) electrons. The van der Waals surface area contributed by atoms with Gasteiger partial charge < -0.3 is 5.32 Å². The number of aryl methyl sites for hydroxylation is 1. The number of hydrogen-bond donors (Lipinski definition) is 1. The Hall–Kier alpha value is -0.640. The molecule has 0 saturated carbocycles. The molecule has 0 saturated heterocycles. The topological polar surface area (TPSA) is 12.0 Å². The normalized spacial score (nSPS) is 14.8. The fourth-order valence-electron chi connectivity index (χ4n) is 2.33. The zero-order valence-electron chi connectivity index (χ0n) is 12.1. The molecule has 19 heavy (non-hydrogen) atoms. The molecule has 1 N–H and O–H groups in total. The van der Waals surface area contributed by atoms with Crippen molar-refractivity contribution in [3.8, 4) is 0 Å². The Balaban J connectivity index is 1.97. The molecular formula is C16H23NS2. The van der Waals surface area contributed by atoms with Crippen molar-refractivity contribution in [2.45, 2.75) is 46.2 Å². The van der Waals surface area contributed by atoms with E-state index in [2.05, 4.69) is 62.7 Å². The maximum absolute atomic E-state index is 3.79. The third kappa shape index (κ3) is 4.16. The molecule has 0 fully saturated rings. The van der Waals surface area contributed by atoms with Crippen LogP contribution in [0.4, 0.5) is 0 Å². The van der Waals surface area contributed by atoms with Gasteiger partial charge in [0.15, 0.2) is 0 Å². The van der Waals surface area contributed by atoms with Crippen molar-refractivity contribution in [2.75, 3.05) is 0 Å². The summed E-state index contributed by atoms with van der Waals surface area (Å²) >= 11 is 3.76. The highest BCUT2D eigenvalue weighted by molar-refractivity contribution is 7.11. The lowest BCUT2D eigenvalue weighted by molar-refractivity contribution is 0.374. The number of hydrogen-bond acceptors (Lipinski definition) is 3. The lowest BCUT2D eigenvalue weighted by atomic mass is 10.0. The summed E-state index contributed by atoms with van der Waals surface area (Å²) in [6, 6.07) is 9.83. The number of nitrogens with one attached hydrogen (secondary N) is 1. The van der Waals surface area contributed by atoms with E-state index in [1.807, 2.05) is 22.7 Å². The van der Waals surface area contributed by atoms with E-state index < -0.39 is 0 Å². The van der Waals surface area contributed by atoms with E-state index in [0.29, 0.717) is 18.0 Å². The highest BCUT2D eigenvalue weighted by Crippen LogP contribution is 2.27. The maximum Gasteiger partial charge on any atom is 0.0440 e. The lowest BCUT2D eigenvalue weighted by Gasteiger charge is -2.25. The van der Waals surface area contributed by atoms with Crippen LogP contribution in [0.1, 0.15) is 41.4 Å². The van der Waals surface area contributed by atoms with E-state index >= 15 is 0 Å². The van der Waals surface area contributed by atoms with Gasteiger partial charge >= 0.3 is 0 Å². The van der Waals surface area contributed by atoms with E-state index in [-0.39, 0.29) is 0 Å². The van der Waals surface area contributed by atoms with Crippen LogP contribution < -0.4 is 5.32 Å². The maximum atomic E-state index is 3.79. The molecule has 0 spiro atoms. The molecule has 104 valence electrons. The van der Waals surface area contributed by atoms with Gasteiger partial charge in [0, 0.05) is 26.7 Å². The van der Waals surface area contributed by atoms with Gasteiger partial charge in [0.2, 0.25) is 0 Å². The summed E-state index contributed by atoms with van der Waals surface area (Å²) in [6.45, 7) is 9.05. The molecule has 2 heterocycles. The van der Waals surface area contributed by atoms with Gasteiger partial charge in [-0.25, -0.2) is 0 Å². The first kappa shape index (κ1) is 14.8. The largest absolute Gasteiger partial charge is 0.306 e. The predicted octanol–water partition coefficient (Wildman–Crippen LogP) is 5.04. The summed E-state index contributed by atoms with van der Waals surface area (Å²) in [5.74, 6) is 0.617. The van der Waals surface area contributed by atoms with E-state index in [0.717, 1.165) is 6.42 Å². The van der Waals surface area contributed by atoms with Crippen molar-refractivity contribution in [3.05, 3.63) is 44.3 Å². The van der Waals surface area contributed by atoms with Gasteiger partial charge in [0.05, 0.1) is 0 Å². The van der Waals surface area contributed by atoms with Gasteiger partial charge in [-0.3, -0.25) is 0 Å². The first-order chi connectivity index (χ1) is 9.06. The monoisotopic (exact) mass is 293 g/mol. The van der Waals surface area contributed by atoms with E-state index in [4.69, 9.17) is 0 Å². The minimum Gasteiger partial charge on any atom is -0.306 e. The Morgan fingerprint density at radius 2 is 1.95 bits per heavy atom. The van der Waals surface area contributed by atoms with Crippen LogP contribution in [0.5, 0.6) is 0 Å². The predicted molar refractivity (Wildman–Crippen MR) is 87.3 cm³/mol. The van der Waals surface area contributed by atoms with Crippen LogP contribution in [0.2, 0.25) is 0 Å². The molecule has 0 aliphatic heterocycles. The van der Waals surface area contributed by atoms with Crippen molar-refractivity contribution in [2.24, 2.45) is 5.92 Å². The van der Waals surface area contributed by atoms with Crippen molar-refractivity contribution >= 4 is 22.7 Å². The molecule has 0 aliphatic rings. The molecule has 3 heteroatoms. The molecule has 2 rings (SSSR count). The second-order valence-electron chi connectivity index (χ2n) is 5.52. The fraction of sp³-hybridized carbons (Fsp3) is 0.500. The van der Waals surface area contributed by atoms with Crippen LogP contribution in [0.3, 0.4) is 0 Å². The fourth-order valence-corrected chi connectivity index (χ4v) is 4.31. The molecule has 0 bridgehead atoms. The first-order valence-electron chi connectivity index (χ1n) is 6.91. The molecule has 0 aromatic carbocycles. The Labute approximate surface area is 124 Å². The van der Waals surface area contributed by atoms with Crippen molar-refractivity contribution in [1.29, 1.82) is 0 Å². The van der Waals surface area contributed by atoms with Gasteiger partial charge in [-0.2, -0.15) is 0 Å². The summed E-state index contributed by atoms with van der Waals surface area (Å²) in [5, 5.41) is 5.96. The Kier molecular flexibility index (Phi) is 5.20. The Morgan fingerprint density at radius 1 is 1.16 bits per heavy atom. The summed E-state index contributed by atoms with van der Waals surface area (Å²) in [7, 11) is 0. The standard InChI is InChI=1S/C16H23NS2/c1-11(2)16(15-6-5-9-18-15)17-12(3)10-14-8-7-13(4)19-14/h5-9,11-12,16-17H,10H2,1-4H3. The Bertz CT molecular complexity index is 485. The molecule has 2 atom stereocenters. The van der Waals surface area contributed by atoms with Crippen molar-refractivity contribution in [3.63, 3.8) is 0 Å². The molecular weight excluding hydrogens is 270 g/mol. The molecule has 0 aliphatic carbocycles. The van der Waals surface area contributed by atoms with Gasteiger partial charge in [0.1, 0.15) is 0 Å². The zero-order valence-corrected chi connectivity index (χ0v) is 13.8. The second-order valence-corrected chi connectivity index (χ2v) is 7.87. The Morgan fingerprint density at radius 3 is 2.47 bits per heavy atom. The SMILES string of the molecule is Cc1ccc(CC(C)NC(c2cccs2)C(C)C)s1. The average molecular weight is 294 g/mol. The lowest BCUT2D eigenvalue weighted by Crippen LogP contribution is -2.34. The molecule has 1 nitrogen and oxygen atoms in total. The van der Waals surface area contributed by atoms with Gasteiger partial charge in [0.25, 0.3) is 0 Å². The molecule has 2 aromatic heterocycles. The summed E-state index contributed by atoms with van der Waals surface area (Å²) < 4.78 is 0. The van der Waals surface area contributed by atoms with Crippen LogP contribution >= 0.6 is 22.7 Å². The van der Waals surface area contributed by atoms with E-state index in [1.54, 1.807) is 0 Å². The van der Waals surface area contributed by atoms with Crippen LogP contribution in [0.25, 0.3) is 0 Å². The second kappa shape index (κ2) is 6.69. The summed E-state index contributed by atoms with van der Waals surface area (Å²) in [6.07, 6.45) is 1.12. The van der Waals surface area contributed by atoms with Crippen LogP contribution in [0.15, 0.2) is 29.6 Å². The van der Waals surface area contributed by atoms with Crippen molar-refractivity contribution < 1.29 is 0 Å². The van der Waals surface area contributed by atoms with Gasteiger partial charge in [-0.15, -0.1) is 22.7 Å². The molecule has 2 aromatic rings. The summed E-state index contributed by atoms with van der Waals surface area (Å²) in [5.41, 5.74) is 0. The minimum absolute atomic E-state index is 0.469. The van der Waals surface area contributed by atoms with Crippen molar-refractivity contribution in [1.82, 2.24) is 5.32 Å². The summed E-state index contributed by atoms with van der Waals surface area (Å²) in [4.78, 5) is 4.33. The minimum atomic E-state index is 0.469. The number of rotatable bonds is 6. The smallest absolute Gasteiger partial charge is 0.0440 e. The molecule has 2 unspecified atom stereocenters. The third-order valence-corrected chi connectivity index (χ3v) is 5.26.